The highest BCUT2D eigenvalue weighted by Gasteiger charge is 2.22. The molecule has 32 heavy (non-hydrogen) atoms. The van der Waals surface area contributed by atoms with Crippen molar-refractivity contribution in [1.29, 1.82) is 0 Å². The highest BCUT2D eigenvalue weighted by Crippen LogP contribution is 2.12. The highest BCUT2D eigenvalue weighted by atomic mass is 32.1. The number of nitrogens with one attached hydrogen (secondary N) is 1. The molecule has 1 N–H and O–H groups in total. The van der Waals surface area contributed by atoms with Gasteiger partial charge in [0.15, 0.2) is 11.2 Å². The summed E-state index contributed by atoms with van der Waals surface area (Å²) in [6, 6.07) is 1.84. The summed E-state index contributed by atoms with van der Waals surface area (Å²) in [6.45, 7) is 3.89. The van der Waals surface area contributed by atoms with Gasteiger partial charge in [-0.1, -0.05) is 0 Å². The fourth-order valence-electron chi connectivity index (χ4n) is 3.82. The number of amides is 2. The minimum atomic E-state index is -0.483. The van der Waals surface area contributed by atoms with Crippen LogP contribution in [0.15, 0.2) is 32.7 Å². The molecule has 1 saturated heterocycles. The van der Waals surface area contributed by atoms with E-state index in [9.17, 15) is 19.2 Å². The molecule has 4 heterocycles. The van der Waals surface area contributed by atoms with Crippen LogP contribution >= 0.6 is 11.3 Å². The monoisotopic (exact) mass is 459 g/mol. The first-order valence-electron chi connectivity index (χ1n) is 10.3. The lowest BCUT2D eigenvalue weighted by atomic mass is 10.2. The van der Waals surface area contributed by atoms with Gasteiger partial charge in [0.2, 0.25) is 5.91 Å². The summed E-state index contributed by atoms with van der Waals surface area (Å²) < 4.78 is 3.75. The lowest BCUT2D eigenvalue weighted by Crippen LogP contribution is -2.50. The molecule has 0 saturated carbocycles. The molecule has 1 aliphatic rings. The lowest BCUT2D eigenvalue weighted by Gasteiger charge is -2.34. The normalized spacial score (nSPS) is 14.8. The Bertz CT molecular complexity index is 1250. The van der Waals surface area contributed by atoms with E-state index in [1.165, 1.54) is 40.9 Å². The number of carbonyl (C=O) groups is 2. The Morgan fingerprint density at radius 1 is 1.12 bits per heavy atom. The number of hydrogen-bond donors (Lipinski definition) is 1. The largest absolute Gasteiger partial charge is 0.353 e. The highest BCUT2D eigenvalue weighted by molar-refractivity contribution is 7.08. The predicted molar refractivity (Wildman–Crippen MR) is 120 cm³/mol. The predicted octanol–water partition coefficient (Wildman–Crippen LogP) is -0.931. The molecule has 12 heteroatoms. The van der Waals surface area contributed by atoms with Crippen molar-refractivity contribution in [2.24, 2.45) is 14.1 Å². The number of aryl methyl sites for hydroxylation is 1. The maximum Gasteiger partial charge on any atom is 0.332 e. The molecular weight excluding hydrogens is 434 g/mol. The summed E-state index contributed by atoms with van der Waals surface area (Å²) in [6.07, 6.45) is 1.40. The molecule has 2 amide bonds. The number of carbonyl (C=O) groups excluding carboxylic acids is 2. The molecule has 0 unspecified atom stereocenters. The van der Waals surface area contributed by atoms with Crippen LogP contribution < -0.4 is 16.6 Å². The number of thiophene rings is 1. The van der Waals surface area contributed by atoms with Gasteiger partial charge in [0.1, 0.15) is 6.54 Å². The Balaban J connectivity index is 1.27. The number of fused-ring (bicyclic) bond motifs is 1. The van der Waals surface area contributed by atoms with Crippen LogP contribution in [0, 0.1) is 0 Å². The van der Waals surface area contributed by atoms with Gasteiger partial charge in [-0.2, -0.15) is 11.3 Å². The molecule has 3 aromatic heterocycles. The van der Waals surface area contributed by atoms with E-state index in [0.717, 1.165) is 23.2 Å². The van der Waals surface area contributed by atoms with Gasteiger partial charge in [0, 0.05) is 58.7 Å². The van der Waals surface area contributed by atoms with Crippen LogP contribution in [0.2, 0.25) is 0 Å². The van der Waals surface area contributed by atoms with Crippen LogP contribution in [-0.2, 0) is 25.4 Å². The van der Waals surface area contributed by atoms with Gasteiger partial charge in [-0.15, -0.1) is 0 Å². The fourth-order valence-corrected chi connectivity index (χ4v) is 4.45. The average Bonchev–Trinajstić information content (AvgIpc) is 3.47. The Morgan fingerprint density at radius 2 is 1.88 bits per heavy atom. The smallest absolute Gasteiger partial charge is 0.332 e. The minimum Gasteiger partial charge on any atom is -0.353 e. The first-order valence-corrected chi connectivity index (χ1v) is 11.2. The molecule has 3 aromatic rings. The third-order valence-corrected chi connectivity index (χ3v) is 6.39. The second-order valence-corrected chi connectivity index (χ2v) is 8.53. The van der Waals surface area contributed by atoms with E-state index in [0.29, 0.717) is 26.2 Å². The van der Waals surface area contributed by atoms with Crippen molar-refractivity contribution >= 4 is 34.3 Å². The number of aromatic nitrogens is 4. The first kappa shape index (κ1) is 22.0. The Hall–Kier alpha value is -3.25. The van der Waals surface area contributed by atoms with Crippen molar-refractivity contribution in [3.63, 3.8) is 0 Å². The van der Waals surface area contributed by atoms with Crippen molar-refractivity contribution in [2.45, 2.75) is 6.54 Å². The number of nitrogens with zero attached hydrogens (tertiary/aromatic N) is 6. The van der Waals surface area contributed by atoms with Gasteiger partial charge in [0.25, 0.3) is 11.5 Å². The van der Waals surface area contributed by atoms with Gasteiger partial charge in [-0.25, -0.2) is 9.78 Å². The van der Waals surface area contributed by atoms with E-state index < -0.39 is 11.2 Å². The molecule has 0 spiro atoms. The molecule has 11 nitrogen and oxygen atoms in total. The van der Waals surface area contributed by atoms with E-state index in [1.807, 2.05) is 21.7 Å². The number of rotatable bonds is 6. The number of imidazole rings is 1. The second kappa shape index (κ2) is 9.09. The van der Waals surface area contributed by atoms with Crippen LogP contribution in [0.1, 0.15) is 10.4 Å². The Kier molecular flexibility index (Phi) is 6.24. The number of hydrogen-bond acceptors (Lipinski definition) is 7. The molecule has 0 bridgehead atoms. The van der Waals surface area contributed by atoms with E-state index in [2.05, 4.69) is 15.2 Å². The van der Waals surface area contributed by atoms with Gasteiger partial charge >= 0.3 is 5.69 Å². The SMILES string of the molecule is Cn1c(=O)c2c(ncn2CC(=O)NCCN2CCN(C(=O)c3ccsc3)CC2)n(C)c1=O. The maximum atomic E-state index is 12.5. The zero-order chi connectivity index (χ0) is 22.8. The minimum absolute atomic E-state index is 0.0626. The van der Waals surface area contributed by atoms with Gasteiger partial charge in [-0.05, 0) is 11.4 Å². The molecule has 0 radical (unpaired) electrons. The number of piperazine rings is 1. The second-order valence-electron chi connectivity index (χ2n) is 7.75. The van der Waals surface area contributed by atoms with Gasteiger partial charge in [0.05, 0.1) is 11.9 Å². The lowest BCUT2D eigenvalue weighted by molar-refractivity contribution is -0.121. The Labute approximate surface area is 187 Å². The van der Waals surface area contributed by atoms with Crippen LogP contribution in [0.5, 0.6) is 0 Å². The van der Waals surface area contributed by atoms with Crippen molar-refractivity contribution in [3.8, 4) is 0 Å². The zero-order valence-corrected chi connectivity index (χ0v) is 18.8. The van der Waals surface area contributed by atoms with Gasteiger partial charge in [-0.3, -0.25) is 28.4 Å². The summed E-state index contributed by atoms with van der Waals surface area (Å²) in [7, 11) is 2.93. The zero-order valence-electron chi connectivity index (χ0n) is 18.0. The summed E-state index contributed by atoms with van der Waals surface area (Å²) in [5.41, 5.74) is 0.257. The van der Waals surface area contributed by atoms with Crippen LogP contribution in [0.4, 0.5) is 0 Å². The van der Waals surface area contributed by atoms with E-state index in [1.54, 1.807) is 0 Å². The van der Waals surface area contributed by atoms with Crippen molar-refractivity contribution in [3.05, 3.63) is 49.6 Å². The molecule has 170 valence electrons. The van der Waals surface area contributed by atoms with Gasteiger partial charge < -0.3 is 14.8 Å². The molecule has 0 atom stereocenters. The topological polar surface area (TPSA) is 114 Å². The van der Waals surface area contributed by atoms with Crippen molar-refractivity contribution in [2.75, 3.05) is 39.3 Å². The quantitative estimate of drug-likeness (QED) is 0.509. The van der Waals surface area contributed by atoms with Crippen LogP contribution in [-0.4, -0.2) is 79.6 Å². The third kappa shape index (κ3) is 4.23. The molecule has 0 aliphatic carbocycles. The molecule has 1 aliphatic heterocycles. The molecule has 4 rings (SSSR count). The molecule has 1 fully saturated rings. The standard InChI is InChI=1S/C20H25N7O4S/c1-23-17-16(19(30)24(2)20(23)31)27(13-22-17)11-15(28)21-4-5-25-6-8-26(9-7-25)18(29)14-3-10-32-12-14/h3,10,12-13H,4-9,11H2,1-2H3,(H,21,28). The summed E-state index contributed by atoms with van der Waals surface area (Å²) in [5, 5.41) is 6.63. The summed E-state index contributed by atoms with van der Waals surface area (Å²) in [4.78, 5) is 57.5. The van der Waals surface area contributed by atoms with E-state index in [4.69, 9.17) is 0 Å². The molecule has 0 aromatic carbocycles. The maximum absolute atomic E-state index is 12.5. The van der Waals surface area contributed by atoms with Crippen molar-refractivity contribution < 1.29 is 9.59 Å². The van der Waals surface area contributed by atoms with Crippen LogP contribution in [0.25, 0.3) is 11.2 Å². The molecular formula is C20H25N7O4S. The van der Waals surface area contributed by atoms with E-state index >= 15 is 0 Å². The first-order chi connectivity index (χ1) is 15.4. The fraction of sp³-hybridized carbons (Fsp3) is 0.450. The Morgan fingerprint density at radius 3 is 2.56 bits per heavy atom. The van der Waals surface area contributed by atoms with Crippen molar-refractivity contribution in [1.82, 2.24) is 33.8 Å². The average molecular weight is 460 g/mol. The van der Waals surface area contributed by atoms with E-state index in [-0.39, 0.29) is 29.5 Å². The summed E-state index contributed by atoms with van der Waals surface area (Å²) in [5.74, 6) is -0.179. The summed E-state index contributed by atoms with van der Waals surface area (Å²) >= 11 is 1.51. The third-order valence-electron chi connectivity index (χ3n) is 5.71. The van der Waals surface area contributed by atoms with Crippen LogP contribution in [0.3, 0.4) is 0 Å².